The predicted molar refractivity (Wildman–Crippen MR) is 97.3 cm³/mol. The lowest BCUT2D eigenvalue weighted by Gasteiger charge is -2.35. The molecule has 2 atom stereocenters. The third-order valence-corrected chi connectivity index (χ3v) is 5.18. The third kappa shape index (κ3) is 3.84. The van der Waals surface area contributed by atoms with Crippen LogP contribution in [0.1, 0.15) is 29.3 Å². The molecule has 2 aromatic rings. The summed E-state index contributed by atoms with van der Waals surface area (Å²) in [5.74, 6) is 0.161. The van der Waals surface area contributed by atoms with Gasteiger partial charge in [-0.25, -0.2) is 4.98 Å². The fourth-order valence-electron chi connectivity index (χ4n) is 3.16. The number of morpholine rings is 1. The second-order valence-corrected chi connectivity index (χ2v) is 7.89. The van der Waals surface area contributed by atoms with E-state index in [4.69, 9.17) is 4.74 Å². The summed E-state index contributed by atoms with van der Waals surface area (Å²) < 4.78 is 5.72. The fourth-order valence-corrected chi connectivity index (χ4v) is 4.11. The molecular formula is C19H24N2O2S. The monoisotopic (exact) mass is 344 g/mol. The van der Waals surface area contributed by atoms with Gasteiger partial charge < -0.3 is 9.64 Å². The summed E-state index contributed by atoms with van der Waals surface area (Å²) in [5.41, 5.74) is 3.25. The molecule has 3 rings (SSSR count). The van der Waals surface area contributed by atoms with Crippen molar-refractivity contribution in [2.45, 2.75) is 46.3 Å². The Hall–Kier alpha value is -1.72. The number of carbonyl (C=O) groups is 1. The number of hydrogen-bond acceptors (Lipinski definition) is 4. The minimum absolute atomic E-state index is 0.0949. The molecule has 0 spiro atoms. The normalized spacial score (nSPS) is 21.1. The van der Waals surface area contributed by atoms with Gasteiger partial charge in [0.15, 0.2) is 0 Å². The highest BCUT2D eigenvalue weighted by Crippen LogP contribution is 2.29. The Labute approximate surface area is 147 Å². The number of aryl methyl sites for hydroxylation is 2. The highest BCUT2D eigenvalue weighted by molar-refractivity contribution is 7.12. The number of amides is 1. The van der Waals surface area contributed by atoms with E-state index >= 15 is 0 Å². The third-order valence-electron chi connectivity index (χ3n) is 4.21. The zero-order valence-corrected chi connectivity index (χ0v) is 15.5. The van der Waals surface area contributed by atoms with E-state index in [0.717, 1.165) is 21.1 Å². The van der Waals surface area contributed by atoms with Crippen molar-refractivity contribution in [2.24, 2.45) is 0 Å². The maximum absolute atomic E-state index is 12.8. The largest absolute Gasteiger partial charge is 0.372 e. The maximum Gasteiger partial charge on any atom is 0.228 e. The molecule has 0 radical (unpaired) electrons. The molecule has 0 aliphatic carbocycles. The van der Waals surface area contributed by atoms with Crippen molar-refractivity contribution in [2.75, 3.05) is 13.1 Å². The second-order valence-electron chi connectivity index (χ2n) is 6.60. The lowest BCUT2D eigenvalue weighted by atomic mass is 10.1. The van der Waals surface area contributed by atoms with Crippen molar-refractivity contribution in [1.82, 2.24) is 9.88 Å². The lowest BCUT2D eigenvalue weighted by molar-refractivity contribution is -0.142. The van der Waals surface area contributed by atoms with Crippen LogP contribution in [-0.4, -0.2) is 41.1 Å². The maximum atomic E-state index is 12.8. The molecule has 1 aromatic heterocycles. The van der Waals surface area contributed by atoms with E-state index in [-0.39, 0.29) is 18.1 Å². The van der Waals surface area contributed by atoms with E-state index in [1.807, 2.05) is 25.7 Å². The first-order valence-electron chi connectivity index (χ1n) is 8.39. The molecule has 1 aromatic carbocycles. The Morgan fingerprint density at radius 2 is 1.83 bits per heavy atom. The summed E-state index contributed by atoms with van der Waals surface area (Å²) in [6.07, 6.45) is 0.601. The first-order chi connectivity index (χ1) is 11.4. The van der Waals surface area contributed by atoms with Crippen LogP contribution in [0.5, 0.6) is 0 Å². The molecule has 4 nitrogen and oxygen atoms in total. The van der Waals surface area contributed by atoms with Gasteiger partial charge in [-0.3, -0.25) is 4.79 Å². The van der Waals surface area contributed by atoms with Crippen molar-refractivity contribution in [3.8, 4) is 11.3 Å². The first kappa shape index (κ1) is 17.1. The molecule has 1 fully saturated rings. The van der Waals surface area contributed by atoms with Crippen LogP contribution in [0, 0.1) is 13.8 Å². The Morgan fingerprint density at radius 3 is 2.46 bits per heavy atom. The van der Waals surface area contributed by atoms with Gasteiger partial charge in [0.1, 0.15) is 0 Å². The lowest BCUT2D eigenvalue weighted by Crippen LogP contribution is -2.48. The summed E-state index contributed by atoms with van der Waals surface area (Å²) >= 11 is 1.62. The van der Waals surface area contributed by atoms with E-state index in [0.29, 0.717) is 19.5 Å². The van der Waals surface area contributed by atoms with Crippen molar-refractivity contribution in [1.29, 1.82) is 0 Å². The summed E-state index contributed by atoms with van der Waals surface area (Å²) in [6.45, 7) is 9.44. The van der Waals surface area contributed by atoms with Gasteiger partial charge in [-0.15, -0.1) is 11.3 Å². The number of thiazole rings is 1. The van der Waals surface area contributed by atoms with E-state index in [2.05, 4.69) is 36.2 Å². The quantitative estimate of drug-likeness (QED) is 0.854. The molecule has 0 N–H and O–H groups in total. The Balaban J connectivity index is 1.80. The molecule has 2 heterocycles. The highest BCUT2D eigenvalue weighted by Gasteiger charge is 2.27. The molecule has 1 saturated heterocycles. The van der Waals surface area contributed by atoms with Crippen molar-refractivity contribution >= 4 is 17.2 Å². The number of benzene rings is 1. The van der Waals surface area contributed by atoms with Crippen LogP contribution >= 0.6 is 11.3 Å². The summed E-state index contributed by atoms with van der Waals surface area (Å²) in [7, 11) is 0. The Morgan fingerprint density at radius 1 is 1.21 bits per heavy atom. The van der Waals surface area contributed by atoms with Crippen LogP contribution in [0.15, 0.2) is 24.3 Å². The van der Waals surface area contributed by atoms with Crippen LogP contribution in [-0.2, 0) is 16.0 Å². The van der Waals surface area contributed by atoms with Gasteiger partial charge in [0.25, 0.3) is 0 Å². The first-order valence-corrected chi connectivity index (χ1v) is 9.20. The molecule has 1 aliphatic heterocycles. The predicted octanol–water partition coefficient (Wildman–Crippen LogP) is 3.61. The van der Waals surface area contributed by atoms with Crippen LogP contribution in [0.4, 0.5) is 0 Å². The summed E-state index contributed by atoms with van der Waals surface area (Å²) in [5, 5.41) is 0.997. The van der Waals surface area contributed by atoms with E-state index < -0.39 is 0 Å². The summed E-state index contributed by atoms with van der Waals surface area (Å²) in [6, 6.07) is 8.33. The molecule has 0 bridgehead atoms. The second kappa shape index (κ2) is 7.03. The van der Waals surface area contributed by atoms with E-state index in [1.54, 1.807) is 11.3 Å². The average molecular weight is 344 g/mol. The number of aromatic nitrogens is 1. The molecule has 1 aliphatic rings. The minimum atomic E-state index is 0.0949. The van der Waals surface area contributed by atoms with Crippen LogP contribution in [0.2, 0.25) is 0 Å². The van der Waals surface area contributed by atoms with Gasteiger partial charge in [0, 0.05) is 23.5 Å². The number of ether oxygens (including phenoxy) is 1. The van der Waals surface area contributed by atoms with Gasteiger partial charge in [-0.1, -0.05) is 29.8 Å². The fraction of sp³-hybridized carbons (Fsp3) is 0.474. The summed E-state index contributed by atoms with van der Waals surface area (Å²) in [4.78, 5) is 20.4. The van der Waals surface area contributed by atoms with Gasteiger partial charge >= 0.3 is 0 Å². The van der Waals surface area contributed by atoms with Crippen LogP contribution < -0.4 is 0 Å². The van der Waals surface area contributed by atoms with Gasteiger partial charge in [0.2, 0.25) is 5.91 Å². The van der Waals surface area contributed by atoms with E-state index in [1.165, 1.54) is 5.56 Å². The van der Waals surface area contributed by atoms with Crippen molar-refractivity contribution in [3.63, 3.8) is 0 Å². The standard InChI is InChI=1S/C19H24N2O2S/c1-12-5-7-16(8-6-12)19-17(24-15(4)20-19)9-18(22)21-10-13(2)23-14(3)11-21/h5-8,13-14H,9-11H2,1-4H3/t13-,14+. The molecular weight excluding hydrogens is 320 g/mol. The molecule has 24 heavy (non-hydrogen) atoms. The molecule has 5 heteroatoms. The van der Waals surface area contributed by atoms with Crippen LogP contribution in [0.25, 0.3) is 11.3 Å². The number of rotatable bonds is 3. The van der Waals surface area contributed by atoms with Gasteiger partial charge in [0.05, 0.1) is 29.3 Å². The van der Waals surface area contributed by atoms with E-state index in [9.17, 15) is 4.79 Å². The zero-order valence-electron chi connectivity index (χ0n) is 14.7. The minimum Gasteiger partial charge on any atom is -0.372 e. The smallest absolute Gasteiger partial charge is 0.228 e. The van der Waals surface area contributed by atoms with Crippen molar-refractivity contribution in [3.05, 3.63) is 39.7 Å². The average Bonchev–Trinajstić information content (AvgIpc) is 2.87. The zero-order chi connectivity index (χ0) is 17.3. The topological polar surface area (TPSA) is 42.4 Å². The molecule has 128 valence electrons. The van der Waals surface area contributed by atoms with Crippen molar-refractivity contribution < 1.29 is 9.53 Å². The molecule has 0 unspecified atom stereocenters. The molecule has 1 amide bonds. The van der Waals surface area contributed by atoms with Gasteiger partial charge in [-0.2, -0.15) is 0 Å². The van der Waals surface area contributed by atoms with Gasteiger partial charge in [-0.05, 0) is 27.7 Å². The Bertz CT molecular complexity index is 713. The highest BCUT2D eigenvalue weighted by atomic mass is 32.1. The Kier molecular flexibility index (Phi) is 5.01. The number of carbonyl (C=O) groups excluding carboxylic acids is 1. The number of nitrogens with zero attached hydrogens (tertiary/aromatic N) is 2. The molecule has 0 saturated carbocycles. The van der Waals surface area contributed by atoms with Crippen LogP contribution in [0.3, 0.4) is 0 Å². The SMILES string of the molecule is Cc1ccc(-c2nc(C)sc2CC(=O)N2C[C@@H](C)O[C@@H](C)C2)cc1. The number of hydrogen-bond donors (Lipinski definition) is 0.